The van der Waals surface area contributed by atoms with Gasteiger partial charge in [-0.15, -0.1) is 0 Å². The Bertz CT molecular complexity index is 656. The molecule has 0 spiro atoms. The maximum absolute atomic E-state index is 12.0. The summed E-state index contributed by atoms with van der Waals surface area (Å²) >= 11 is 0. The highest BCUT2D eigenvalue weighted by Gasteiger charge is 2.48. The van der Waals surface area contributed by atoms with Crippen LogP contribution in [0.25, 0.3) is 0 Å². The summed E-state index contributed by atoms with van der Waals surface area (Å²) < 4.78 is 88.7. The van der Waals surface area contributed by atoms with E-state index < -0.39 is 32.4 Å². The molecule has 0 atom stereocenters. The molecule has 0 fully saturated rings. The molecule has 12 heteroatoms. The van der Waals surface area contributed by atoms with Crippen LogP contribution in [0.15, 0.2) is 30.3 Å². The summed E-state index contributed by atoms with van der Waals surface area (Å²) in [7, 11) is -11.2. The number of benzene rings is 1. The van der Waals surface area contributed by atoms with Crippen molar-refractivity contribution in [2.75, 3.05) is 13.2 Å². The van der Waals surface area contributed by atoms with Crippen molar-refractivity contribution in [1.82, 2.24) is 4.13 Å². The van der Waals surface area contributed by atoms with Crippen LogP contribution in [0.2, 0.25) is 0 Å². The highest BCUT2D eigenvalue weighted by molar-refractivity contribution is 8.03. The first-order valence-electron chi connectivity index (χ1n) is 5.20. The Labute approximate surface area is 119 Å². The number of nitrogens with one attached hydrogen (secondary N) is 1. The summed E-state index contributed by atoms with van der Waals surface area (Å²) in [5, 5.41) is 0. The molecule has 0 amide bonds. The second kappa shape index (κ2) is 6.60. The van der Waals surface area contributed by atoms with Crippen molar-refractivity contribution in [3.05, 3.63) is 30.3 Å². The molecule has 0 aliphatic carbocycles. The molecule has 1 aromatic rings. The summed E-state index contributed by atoms with van der Waals surface area (Å²) in [6.07, 6.45) is 0. The molecular formula is C9H10F3NO6S2. The topological polar surface area (TPSA) is 98.8 Å². The predicted molar refractivity (Wildman–Crippen MR) is 64.9 cm³/mol. The number of hydrogen-bond acceptors (Lipinski definition) is 6. The van der Waals surface area contributed by atoms with Gasteiger partial charge in [-0.2, -0.15) is 21.6 Å². The van der Waals surface area contributed by atoms with Gasteiger partial charge in [0.05, 0.1) is 0 Å². The second-order valence-electron chi connectivity index (χ2n) is 3.47. The molecule has 0 radical (unpaired) electrons. The zero-order chi connectivity index (χ0) is 16.1. The van der Waals surface area contributed by atoms with E-state index in [0.717, 1.165) is 0 Å². The molecule has 0 bridgehead atoms. The van der Waals surface area contributed by atoms with Gasteiger partial charge in [0.15, 0.2) is 0 Å². The van der Waals surface area contributed by atoms with Crippen LogP contribution in [0.4, 0.5) is 13.2 Å². The Morgan fingerprint density at radius 1 is 1.00 bits per heavy atom. The molecule has 1 N–H and O–H groups in total. The number of para-hydroxylation sites is 1. The fourth-order valence-corrected chi connectivity index (χ4v) is 2.96. The molecule has 0 aliphatic rings. The van der Waals surface area contributed by atoms with Crippen LogP contribution < -0.4 is 8.86 Å². The maximum atomic E-state index is 12.0. The average molecular weight is 349 g/mol. The lowest BCUT2D eigenvalue weighted by Gasteiger charge is -2.10. The van der Waals surface area contributed by atoms with E-state index in [4.69, 9.17) is 4.74 Å². The molecule has 7 nitrogen and oxygen atoms in total. The van der Waals surface area contributed by atoms with Gasteiger partial charge in [0, 0.05) is 0 Å². The van der Waals surface area contributed by atoms with Gasteiger partial charge in [-0.1, -0.05) is 22.3 Å². The van der Waals surface area contributed by atoms with Crippen molar-refractivity contribution in [2.24, 2.45) is 0 Å². The van der Waals surface area contributed by atoms with E-state index in [-0.39, 0.29) is 6.61 Å². The van der Waals surface area contributed by atoms with Gasteiger partial charge in [0.25, 0.3) is 0 Å². The van der Waals surface area contributed by atoms with E-state index >= 15 is 0 Å². The third-order valence-corrected chi connectivity index (χ3v) is 4.63. The third-order valence-electron chi connectivity index (χ3n) is 1.85. The molecule has 1 aromatic carbocycles. The Morgan fingerprint density at radius 3 is 2.10 bits per heavy atom. The molecule has 0 unspecified atom stereocenters. The fourth-order valence-electron chi connectivity index (χ4n) is 1.03. The molecular weight excluding hydrogens is 339 g/mol. The standard InChI is InChI=1S/C9H10F3NO6S2/c10-9(11,12)20(14,15)13-21(16,17)19-7-6-18-8-4-2-1-3-5-8/h1-5,13H,6-7H2. The van der Waals surface area contributed by atoms with Crippen LogP contribution in [0.3, 0.4) is 0 Å². The van der Waals surface area contributed by atoms with E-state index in [1.807, 2.05) is 0 Å². The van der Waals surface area contributed by atoms with Gasteiger partial charge < -0.3 is 4.74 Å². The number of sulfonamides is 1. The zero-order valence-electron chi connectivity index (χ0n) is 10.2. The first-order chi connectivity index (χ1) is 9.54. The minimum absolute atomic E-state index is 0.309. The Morgan fingerprint density at radius 2 is 1.57 bits per heavy atom. The maximum Gasteiger partial charge on any atom is 0.512 e. The lowest BCUT2D eigenvalue weighted by atomic mass is 10.3. The summed E-state index contributed by atoms with van der Waals surface area (Å²) in [5.41, 5.74) is -5.76. The van der Waals surface area contributed by atoms with E-state index in [0.29, 0.717) is 9.88 Å². The summed E-state index contributed by atoms with van der Waals surface area (Å²) in [6, 6.07) is 8.11. The van der Waals surface area contributed by atoms with Crippen molar-refractivity contribution < 1.29 is 38.9 Å². The van der Waals surface area contributed by atoms with E-state index in [1.165, 1.54) is 0 Å². The lowest BCUT2D eigenvalue weighted by Crippen LogP contribution is -2.41. The van der Waals surface area contributed by atoms with Crippen LogP contribution in [0.1, 0.15) is 0 Å². The first kappa shape index (κ1) is 17.7. The number of alkyl halides is 3. The van der Waals surface area contributed by atoms with Crippen LogP contribution in [-0.4, -0.2) is 35.6 Å². The van der Waals surface area contributed by atoms with Gasteiger partial charge in [0.2, 0.25) is 0 Å². The normalized spacial score (nSPS) is 13.1. The highest BCUT2D eigenvalue weighted by atomic mass is 32.3. The quantitative estimate of drug-likeness (QED) is 0.730. The number of halogens is 3. The molecule has 0 aliphatic heterocycles. The Balaban J connectivity index is 2.48. The summed E-state index contributed by atoms with van der Waals surface area (Å²) in [6.45, 7) is -0.978. The van der Waals surface area contributed by atoms with Gasteiger partial charge in [-0.3, -0.25) is 4.18 Å². The highest BCUT2D eigenvalue weighted by Crippen LogP contribution is 2.22. The smallest absolute Gasteiger partial charge is 0.491 e. The lowest BCUT2D eigenvalue weighted by molar-refractivity contribution is -0.0442. The van der Waals surface area contributed by atoms with Crippen LogP contribution in [-0.2, 0) is 24.5 Å². The number of ether oxygens (including phenoxy) is 1. The van der Waals surface area contributed by atoms with E-state index in [2.05, 4.69) is 4.18 Å². The van der Waals surface area contributed by atoms with Crippen molar-refractivity contribution in [3.63, 3.8) is 0 Å². The van der Waals surface area contributed by atoms with E-state index in [9.17, 15) is 30.0 Å². The third kappa shape index (κ3) is 5.87. The monoisotopic (exact) mass is 349 g/mol. The van der Waals surface area contributed by atoms with Crippen LogP contribution >= 0.6 is 0 Å². The second-order valence-corrected chi connectivity index (χ2v) is 6.75. The first-order valence-corrected chi connectivity index (χ1v) is 8.10. The van der Waals surface area contributed by atoms with E-state index in [1.54, 1.807) is 30.3 Å². The Hall–Kier alpha value is -1.37. The Kier molecular flexibility index (Phi) is 5.55. The van der Waals surface area contributed by atoms with Gasteiger partial charge in [-0.05, 0) is 12.1 Å². The van der Waals surface area contributed by atoms with Crippen LogP contribution in [0.5, 0.6) is 5.75 Å². The van der Waals surface area contributed by atoms with Crippen molar-refractivity contribution in [3.8, 4) is 5.75 Å². The van der Waals surface area contributed by atoms with Crippen LogP contribution in [0, 0.1) is 0 Å². The summed E-state index contributed by atoms with van der Waals surface area (Å²) in [4.78, 5) is 0. The van der Waals surface area contributed by atoms with Gasteiger partial charge >= 0.3 is 25.8 Å². The number of hydrogen-bond donors (Lipinski definition) is 1. The molecule has 1 rings (SSSR count). The minimum atomic E-state index is -6.05. The van der Waals surface area contributed by atoms with Crippen molar-refractivity contribution >= 4 is 20.3 Å². The number of rotatable bonds is 7. The SMILES string of the molecule is O=S(=O)(NS(=O)(=O)C(F)(F)F)OCCOc1ccccc1. The minimum Gasteiger partial charge on any atom is -0.491 e. The predicted octanol–water partition coefficient (Wildman–Crippen LogP) is 0.766. The van der Waals surface area contributed by atoms with Gasteiger partial charge in [0.1, 0.15) is 19.0 Å². The largest absolute Gasteiger partial charge is 0.512 e. The zero-order valence-corrected chi connectivity index (χ0v) is 11.8. The molecule has 120 valence electrons. The molecule has 0 saturated carbocycles. The molecule has 0 heterocycles. The molecule has 0 saturated heterocycles. The summed E-state index contributed by atoms with van der Waals surface area (Å²) in [5.74, 6) is 0.384. The van der Waals surface area contributed by atoms with Crippen molar-refractivity contribution in [2.45, 2.75) is 5.51 Å². The molecule has 0 aromatic heterocycles. The van der Waals surface area contributed by atoms with Crippen molar-refractivity contribution in [1.29, 1.82) is 0 Å². The molecule has 21 heavy (non-hydrogen) atoms. The fraction of sp³-hybridized carbons (Fsp3) is 0.333. The van der Waals surface area contributed by atoms with Gasteiger partial charge in [-0.25, -0.2) is 8.42 Å². The average Bonchev–Trinajstić information content (AvgIpc) is 2.33.